The predicted molar refractivity (Wildman–Crippen MR) is 97.9 cm³/mol. The van der Waals surface area contributed by atoms with Crippen molar-refractivity contribution in [1.29, 1.82) is 0 Å². The molecule has 2 aromatic carbocycles. The van der Waals surface area contributed by atoms with Crippen LogP contribution in [0.4, 0.5) is 22.0 Å². The van der Waals surface area contributed by atoms with Gasteiger partial charge in [-0.05, 0) is 36.7 Å². The highest BCUT2D eigenvalue weighted by Gasteiger charge is 2.60. The number of halogens is 5. The van der Waals surface area contributed by atoms with E-state index in [0.717, 1.165) is 24.5 Å². The van der Waals surface area contributed by atoms with Crippen molar-refractivity contribution in [3.8, 4) is 17.2 Å². The second kappa shape index (κ2) is 9.30. The molecule has 0 radical (unpaired) electrons. The lowest BCUT2D eigenvalue weighted by Crippen LogP contribution is -2.34. The first-order chi connectivity index (χ1) is 13.7. The molecule has 0 fully saturated rings. The lowest BCUT2D eigenvalue weighted by Gasteiger charge is -2.23. The van der Waals surface area contributed by atoms with Gasteiger partial charge in [-0.1, -0.05) is 18.2 Å². The maximum absolute atomic E-state index is 13.8. The van der Waals surface area contributed by atoms with Crippen LogP contribution >= 0.6 is 0 Å². The Hall–Kier alpha value is -2.55. The molecule has 0 aromatic heterocycles. The van der Waals surface area contributed by atoms with Crippen molar-refractivity contribution in [2.75, 3.05) is 27.9 Å². The average Bonchev–Trinajstić information content (AvgIpc) is 2.69. The quantitative estimate of drug-likeness (QED) is 0.473. The smallest absolute Gasteiger partial charge is 0.458 e. The van der Waals surface area contributed by atoms with E-state index in [1.165, 1.54) is 7.11 Å². The Kier molecular flexibility index (Phi) is 7.29. The fourth-order valence-corrected chi connectivity index (χ4v) is 2.85. The zero-order valence-corrected chi connectivity index (χ0v) is 16.2. The van der Waals surface area contributed by atoms with Gasteiger partial charge in [-0.25, -0.2) is 0 Å². The summed E-state index contributed by atoms with van der Waals surface area (Å²) in [7, 11) is 3.82. The first-order valence-electron chi connectivity index (χ1n) is 8.68. The van der Waals surface area contributed by atoms with E-state index in [4.69, 9.17) is 14.2 Å². The molecule has 0 unspecified atom stereocenters. The molecular formula is C20H22F5NO3. The van der Waals surface area contributed by atoms with Crippen molar-refractivity contribution in [2.45, 2.75) is 25.1 Å². The van der Waals surface area contributed by atoms with Gasteiger partial charge in [0.15, 0.2) is 0 Å². The molecule has 9 heteroatoms. The third-order valence-electron chi connectivity index (χ3n) is 4.38. The topological polar surface area (TPSA) is 39.7 Å². The van der Waals surface area contributed by atoms with E-state index < -0.39 is 23.4 Å². The van der Waals surface area contributed by atoms with Gasteiger partial charge < -0.3 is 19.5 Å². The molecule has 0 saturated heterocycles. The van der Waals surface area contributed by atoms with Crippen LogP contribution in [0.25, 0.3) is 0 Å². The summed E-state index contributed by atoms with van der Waals surface area (Å²) in [5, 5.41) is 3.18. The summed E-state index contributed by atoms with van der Waals surface area (Å²) in [6.45, 7) is 0.917. The van der Waals surface area contributed by atoms with Crippen molar-refractivity contribution in [3.05, 3.63) is 53.1 Å². The minimum Gasteiger partial charge on any atom is -0.496 e. The van der Waals surface area contributed by atoms with Crippen LogP contribution in [0.5, 0.6) is 17.2 Å². The van der Waals surface area contributed by atoms with Crippen molar-refractivity contribution in [3.63, 3.8) is 0 Å². The van der Waals surface area contributed by atoms with Gasteiger partial charge in [-0.3, -0.25) is 0 Å². The van der Waals surface area contributed by atoms with Crippen LogP contribution in [-0.4, -0.2) is 34.1 Å². The number of alkyl halides is 5. The van der Waals surface area contributed by atoms with Gasteiger partial charge in [0.25, 0.3) is 0 Å². The van der Waals surface area contributed by atoms with Gasteiger partial charge in [0.2, 0.25) is 0 Å². The Morgan fingerprint density at radius 3 is 2.00 bits per heavy atom. The van der Waals surface area contributed by atoms with Crippen LogP contribution in [0.2, 0.25) is 0 Å². The van der Waals surface area contributed by atoms with E-state index in [1.54, 1.807) is 7.11 Å². The van der Waals surface area contributed by atoms with E-state index in [2.05, 4.69) is 5.32 Å². The standard InChI is InChI=1S/C20H22F5NO3/c1-27-16-7-5-4-6-14(16)12-26-9-8-13-10-18(29-3)15(11-17(13)28-2)19(21,22)20(23,24)25/h4-7,10-11,26H,8-9,12H2,1-3H3. The van der Waals surface area contributed by atoms with Crippen molar-refractivity contribution < 1.29 is 36.2 Å². The fraction of sp³-hybridized carbons (Fsp3) is 0.400. The lowest BCUT2D eigenvalue weighted by atomic mass is 10.0. The molecule has 0 aliphatic carbocycles. The Labute approximate surface area is 165 Å². The highest BCUT2D eigenvalue weighted by Crippen LogP contribution is 2.48. The fourth-order valence-electron chi connectivity index (χ4n) is 2.85. The molecule has 0 heterocycles. The first-order valence-corrected chi connectivity index (χ1v) is 8.68. The van der Waals surface area contributed by atoms with Gasteiger partial charge in [0.1, 0.15) is 17.2 Å². The van der Waals surface area contributed by atoms with Crippen LogP contribution in [0.1, 0.15) is 16.7 Å². The maximum atomic E-state index is 13.8. The van der Waals surface area contributed by atoms with Crippen molar-refractivity contribution >= 4 is 0 Å². The summed E-state index contributed by atoms with van der Waals surface area (Å²) >= 11 is 0. The van der Waals surface area contributed by atoms with Crippen molar-refractivity contribution in [1.82, 2.24) is 5.32 Å². The number of ether oxygens (including phenoxy) is 3. The minimum atomic E-state index is -5.75. The van der Waals surface area contributed by atoms with Crippen LogP contribution in [0.3, 0.4) is 0 Å². The molecule has 0 spiro atoms. The van der Waals surface area contributed by atoms with E-state index in [9.17, 15) is 22.0 Å². The first kappa shape index (κ1) is 22.7. The summed E-state index contributed by atoms with van der Waals surface area (Å²) in [6, 6.07) is 9.26. The molecule has 160 valence electrons. The molecule has 2 rings (SSSR count). The number of hydrogen-bond donors (Lipinski definition) is 1. The molecule has 1 N–H and O–H groups in total. The summed E-state index contributed by atoms with van der Waals surface area (Å²) in [5.41, 5.74) is 0.0911. The van der Waals surface area contributed by atoms with Crippen LogP contribution in [0, 0.1) is 0 Å². The molecular weight excluding hydrogens is 397 g/mol. The van der Waals surface area contributed by atoms with Crippen LogP contribution in [0.15, 0.2) is 36.4 Å². The van der Waals surface area contributed by atoms with Crippen LogP contribution < -0.4 is 19.5 Å². The molecule has 29 heavy (non-hydrogen) atoms. The Morgan fingerprint density at radius 2 is 1.41 bits per heavy atom. The highest BCUT2D eigenvalue weighted by atomic mass is 19.4. The molecule has 4 nitrogen and oxygen atoms in total. The number of benzene rings is 2. The zero-order valence-electron chi connectivity index (χ0n) is 16.2. The van der Waals surface area contributed by atoms with E-state index in [-0.39, 0.29) is 5.75 Å². The van der Waals surface area contributed by atoms with E-state index >= 15 is 0 Å². The second-order valence-corrected chi connectivity index (χ2v) is 6.18. The van der Waals surface area contributed by atoms with Gasteiger partial charge in [-0.2, -0.15) is 22.0 Å². The van der Waals surface area contributed by atoms with Crippen molar-refractivity contribution in [2.24, 2.45) is 0 Å². The van der Waals surface area contributed by atoms with Gasteiger partial charge >= 0.3 is 12.1 Å². The summed E-state index contributed by atoms with van der Waals surface area (Å²) in [6.07, 6.45) is -5.42. The molecule has 0 bridgehead atoms. The predicted octanol–water partition coefficient (Wildman–Crippen LogP) is 4.70. The minimum absolute atomic E-state index is 0.0659. The average molecular weight is 419 g/mol. The zero-order chi connectivity index (χ0) is 21.7. The maximum Gasteiger partial charge on any atom is 0.458 e. The summed E-state index contributed by atoms with van der Waals surface area (Å²) < 4.78 is 81.1. The van der Waals surface area contributed by atoms with Gasteiger partial charge in [-0.15, -0.1) is 0 Å². The molecule has 0 saturated carbocycles. The Balaban J connectivity index is 2.17. The summed E-state index contributed by atoms with van der Waals surface area (Å²) in [5.74, 6) is -4.96. The molecule has 0 amide bonds. The Morgan fingerprint density at radius 1 is 0.793 bits per heavy atom. The Bertz CT molecular complexity index is 824. The number of methoxy groups -OCH3 is 3. The lowest BCUT2D eigenvalue weighted by molar-refractivity contribution is -0.289. The van der Waals surface area contributed by atoms with E-state index in [0.29, 0.717) is 31.1 Å². The highest BCUT2D eigenvalue weighted by molar-refractivity contribution is 5.49. The van der Waals surface area contributed by atoms with Gasteiger partial charge in [0.05, 0.1) is 26.9 Å². The molecule has 0 aliphatic heterocycles. The molecule has 2 aromatic rings. The SMILES string of the molecule is COc1cc(C(F)(F)C(F)(F)F)c(OC)cc1CCNCc1ccccc1OC. The monoisotopic (exact) mass is 419 g/mol. The number of nitrogens with one attached hydrogen (secondary N) is 1. The number of rotatable bonds is 9. The van der Waals surface area contributed by atoms with E-state index in [1.807, 2.05) is 24.3 Å². The van der Waals surface area contributed by atoms with Crippen LogP contribution in [-0.2, 0) is 18.9 Å². The number of hydrogen-bond acceptors (Lipinski definition) is 4. The van der Waals surface area contributed by atoms with Gasteiger partial charge in [0, 0.05) is 12.1 Å². The molecule has 0 aliphatic rings. The normalized spacial score (nSPS) is 12.0. The summed E-state index contributed by atoms with van der Waals surface area (Å²) in [4.78, 5) is 0. The largest absolute Gasteiger partial charge is 0.496 e. The second-order valence-electron chi connectivity index (χ2n) is 6.18. The third kappa shape index (κ3) is 5.09. The third-order valence-corrected chi connectivity index (χ3v) is 4.38. The number of para-hydroxylation sites is 1. The molecule has 0 atom stereocenters.